The molecule has 3 rings (SSSR count). The average Bonchev–Trinajstić information content (AvgIpc) is 3.09. The van der Waals surface area contributed by atoms with E-state index in [2.05, 4.69) is 18.6 Å². The van der Waals surface area contributed by atoms with Gasteiger partial charge in [0.05, 0.1) is 13.2 Å². The van der Waals surface area contributed by atoms with E-state index >= 15 is 0 Å². The van der Waals surface area contributed by atoms with E-state index in [4.69, 9.17) is 4.74 Å². The van der Waals surface area contributed by atoms with E-state index in [1.54, 1.807) is 7.11 Å². The van der Waals surface area contributed by atoms with E-state index in [1.165, 1.54) is 18.8 Å². The van der Waals surface area contributed by atoms with E-state index in [1.807, 2.05) is 12.2 Å². The highest BCUT2D eigenvalue weighted by Crippen LogP contribution is 2.70. The lowest BCUT2D eigenvalue weighted by atomic mass is 9.60. The molecule has 0 saturated heterocycles. The summed E-state index contributed by atoms with van der Waals surface area (Å²) < 4.78 is 10.2. The molecule has 0 unspecified atom stereocenters. The summed E-state index contributed by atoms with van der Waals surface area (Å²) in [6, 6.07) is 0. The Kier molecular flexibility index (Phi) is 3.99. The lowest BCUT2D eigenvalue weighted by Crippen LogP contribution is -2.41. The minimum absolute atomic E-state index is 0.150. The van der Waals surface area contributed by atoms with Gasteiger partial charge in [-0.05, 0) is 50.5 Å². The first-order valence-corrected chi connectivity index (χ1v) is 8.39. The summed E-state index contributed by atoms with van der Waals surface area (Å²) in [5.41, 5.74) is 0.654. The maximum Gasteiger partial charge on any atom is 0.330 e. The van der Waals surface area contributed by atoms with Crippen LogP contribution in [0.15, 0.2) is 23.8 Å². The topological polar surface area (TPSA) is 52.6 Å². The Balaban J connectivity index is 1.92. The number of carbonyl (C=O) groups is 2. The summed E-state index contributed by atoms with van der Waals surface area (Å²) in [6.07, 6.45) is 9.21. The van der Waals surface area contributed by atoms with Gasteiger partial charge >= 0.3 is 5.97 Å². The summed E-state index contributed by atoms with van der Waals surface area (Å²) in [6.45, 7) is 4.21. The maximum absolute atomic E-state index is 12.9. The molecule has 0 aromatic carbocycles. The summed E-state index contributed by atoms with van der Waals surface area (Å²) in [4.78, 5) is 24.2. The molecule has 0 amide bonds. The van der Waals surface area contributed by atoms with E-state index in [-0.39, 0.29) is 28.7 Å². The van der Waals surface area contributed by atoms with Crippen molar-refractivity contribution in [3.05, 3.63) is 23.8 Å². The monoisotopic (exact) mass is 318 g/mol. The summed E-state index contributed by atoms with van der Waals surface area (Å²) in [7, 11) is 3.14. The molecule has 3 aliphatic carbocycles. The molecular weight excluding hydrogens is 292 g/mol. The van der Waals surface area contributed by atoms with Gasteiger partial charge in [0.1, 0.15) is 0 Å². The highest BCUT2D eigenvalue weighted by Gasteiger charge is 2.68. The van der Waals surface area contributed by atoms with Gasteiger partial charge in [0.2, 0.25) is 0 Å². The lowest BCUT2D eigenvalue weighted by Gasteiger charge is -2.41. The molecule has 0 aromatic heterocycles. The molecule has 2 saturated carbocycles. The first-order valence-electron chi connectivity index (χ1n) is 8.39. The number of allylic oxidation sites excluding steroid dienone is 3. The van der Waals surface area contributed by atoms with Crippen LogP contribution >= 0.6 is 0 Å². The molecule has 4 nitrogen and oxygen atoms in total. The molecule has 4 heteroatoms. The Morgan fingerprint density at radius 3 is 2.78 bits per heavy atom. The molecule has 2 fully saturated rings. The highest BCUT2D eigenvalue weighted by molar-refractivity contribution is 6.00. The van der Waals surface area contributed by atoms with Crippen LogP contribution in [0.25, 0.3) is 0 Å². The molecule has 0 N–H and O–H groups in total. The van der Waals surface area contributed by atoms with Gasteiger partial charge in [-0.3, -0.25) is 4.79 Å². The van der Waals surface area contributed by atoms with Crippen molar-refractivity contribution in [3.63, 3.8) is 0 Å². The zero-order chi connectivity index (χ0) is 16.8. The van der Waals surface area contributed by atoms with Crippen molar-refractivity contribution in [2.45, 2.75) is 45.6 Å². The third kappa shape index (κ3) is 2.14. The number of rotatable bonds is 4. The molecule has 3 aliphatic rings. The Hall–Kier alpha value is -1.42. The Bertz CT molecular complexity index is 590. The quantitative estimate of drug-likeness (QED) is 0.590. The third-order valence-electron chi connectivity index (χ3n) is 6.87. The zero-order valence-corrected chi connectivity index (χ0v) is 14.4. The van der Waals surface area contributed by atoms with E-state index in [9.17, 15) is 9.59 Å². The van der Waals surface area contributed by atoms with Gasteiger partial charge in [0, 0.05) is 24.0 Å². The second-order valence-corrected chi connectivity index (χ2v) is 7.51. The van der Waals surface area contributed by atoms with E-state index in [0.29, 0.717) is 11.8 Å². The zero-order valence-electron chi connectivity index (χ0n) is 14.4. The Morgan fingerprint density at radius 2 is 2.13 bits per heavy atom. The van der Waals surface area contributed by atoms with Gasteiger partial charge in [0.15, 0.2) is 5.78 Å². The number of ether oxygens (including phenoxy) is 2. The van der Waals surface area contributed by atoms with Crippen LogP contribution in [0.5, 0.6) is 0 Å². The highest BCUT2D eigenvalue weighted by atomic mass is 16.5. The van der Waals surface area contributed by atoms with Crippen molar-refractivity contribution in [2.75, 3.05) is 14.2 Å². The number of fused-ring (bicyclic) bond motifs is 3. The fraction of sp³-hybridized carbons (Fsp3) is 0.684. The fourth-order valence-corrected chi connectivity index (χ4v) is 5.57. The van der Waals surface area contributed by atoms with Crippen LogP contribution < -0.4 is 0 Å². The molecule has 0 aromatic rings. The Morgan fingerprint density at radius 1 is 1.39 bits per heavy atom. The fourth-order valence-electron chi connectivity index (χ4n) is 5.57. The van der Waals surface area contributed by atoms with Crippen LogP contribution in [-0.4, -0.2) is 32.1 Å². The number of carbonyl (C=O) groups excluding carboxylic acids is 2. The van der Waals surface area contributed by atoms with E-state index < -0.39 is 0 Å². The van der Waals surface area contributed by atoms with E-state index in [0.717, 1.165) is 25.7 Å². The molecule has 23 heavy (non-hydrogen) atoms. The van der Waals surface area contributed by atoms with Gasteiger partial charge in [-0.1, -0.05) is 18.6 Å². The summed E-state index contributed by atoms with van der Waals surface area (Å²) in [5.74, 6) is 0.821. The standard InChI is InChI=1S/C19H26O4/c1-12-8-16(20)18(2)15-10-14(22-3)9-13(15)11-19(12,18)7-5-6-17(21)23-4/h5-6,8,13-15H,7,9-11H2,1-4H3/b6-5+/t13-,14-,15-,18-,19+/m1/s1. The van der Waals surface area contributed by atoms with Crippen LogP contribution in [0.4, 0.5) is 0 Å². The van der Waals surface area contributed by atoms with Crippen LogP contribution in [0, 0.1) is 22.7 Å². The summed E-state index contributed by atoms with van der Waals surface area (Å²) >= 11 is 0. The van der Waals surface area contributed by atoms with Crippen LogP contribution in [0.3, 0.4) is 0 Å². The molecule has 0 aliphatic heterocycles. The van der Waals surface area contributed by atoms with Gasteiger partial charge < -0.3 is 9.47 Å². The molecular formula is C19H26O4. The lowest BCUT2D eigenvalue weighted by molar-refractivity contribution is -0.134. The number of hydrogen-bond acceptors (Lipinski definition) is 4. The minimum Gasteiger partial charge on any atom is -0.466 e. The molecule has 126 valence electrons. The summed E-state index contributed by atoms with van der Waals surface area (Å²) in [5, 5.41) is 0. The first-order chi connectivity index (χ1) is 10.9. The van der Waals surface area contributed by atoms with Crippen LogP contribution in [0.2, 0.25) is 0 Å². The van der Waals surface area contributed by atoms with Crippen molar-refractivity contribution in [3.8, 4) is 0 Å². The molecule has 0 bridgehead atoms. The molecule has 0 heterocycles. The van der Waals surface area contributed by atoms with Crippen molar-refractivity contribution >= 4 is 11.8 Å². The number of esters is 1. The molecule has 0 spiro atoms. The minimum atomic E-state index is -0.366. The predicted molar refractivity (Wildman–Crippen MR) is 86.7 cm³/mol. The second-order valence-electron chi connectivity index (χ2n) is 7.51. The van der Waals surface area contributed by atoms with Gasteiger partial charge in [-0.25, -0.2) is 4.79 Å². The van der Waals surface area contributed by atoms with Crippen molar-refractivity contribution in [1.82, 2.24) is 0 Å². The van der Waals surface area contributed by atoms with Crippen molar-refractivity contribution < 1.29 is 19.1 Å². The van der Waals surface area contributed by atoms with Gasteiger partial charge in [0.25, 0.3) is 0 Å². The SMILES string of the molecule is COC(=O)/C=C/C[C@@]12C[C@H]3C[C@@H](OC)C[C@H]3[C@]1(C)C(=O)C=C2C. The average molecular weight is 318 g/mol. The normalized spacial score (nSPS) is 42.0. The van der Waals surface area contributed by atoms with Gasteiger partial charge in [-0.15, -0.1) is 0 Å². The maximum atomic E-state index is 12.9. The second kappa shape index (κ2) is 5.59. The molecule has 0 radical (unpaired) electrons. The Labute approximate surface area is 137 Å². The van der Waals surface area contributed by atoms with Gasteiger partial charge in [-0.2, -0.15) is 0 Å². The van der Waals surface area contributed by atoms with Crippen molar-refractivity contribution in [2.24, 2.45) is 22.7 Å². The largest absolute Gasteiger partial charge is 0.466 e. The number of ketones is 1. The van der Waals surface area contributed by atoms with Crippen LogP contribution in [-0.2, 0) is 19.1 Å². The number of methoxy groups -OCH3 is 2. The van der Waals surface area contributed by atoms with Crippen LogP contribution in [0.1, 0.15) is 39.5 Å². The predicted octanol–water partition coefficient (Wildman–Crippen LogP) is 3.07. The molecule has 5 atom stereocenters. The van der Waals surface area contributed by atoms with Crippen molar-refractivity contribution in [1.29, 1.82) is 0 Å². The first kappa shape index (κ1) is 16.4. The third-order valence-corrected chi connectivity index (χ3v) is 6.87. The smallest absolute Gasteiger partial charge is 0.330 e. The number of hydrogen-bond donors (Lipinski definition) is 0.